The molecule has 2 N–H and O–H groups in total. The first kappa shape index (κ1) is 22.8. The number of morpholine rings is 1. The van der Waals surface area contributed by atoms with E-state index in [1.807, 2.05) is 24.5 Å². The fourth-order valence-corrected chi connectivity index (χ4v) is 3.98. The number of aromatic carboxylic acids is 1. The number of imidazole rings is 1. The number of carboxylic acid groups (broad SMARTS) is 1. The number of ether oxygens (including phenoxy) is 2. The predicted octanol–water partition coefficient (Wildman–Crippen LogP) is 3.42. The van der Waals surface area contributed by atoms with E-state index < -0.39 is 5.97 Å². The summed E-state index contributed by atoms with van der Waals surface area (Å²) in [7, 11) is 1.68. The molecular weight excluding hydrogens is 448 g/mol. The molecule has 180 valence electrons. The van der Waals surface area contributed by atoms with E-state index in [4.69, 9.17) is 24.5 Å². The summed E-state index contributed by atoms with van der Waals surface area (Å²) >= 11 is 0. The van der Waals surface area contributed by atoms with E-state index in [1.54, 1.807) is 31.4 Å². The molecule has 0 atom stereocenters. The highest BCUT2D eigenvalue weighted by Crippen LogP contribution is 2.28. The molecule has 1 fully saturated rings. The van der Waals surface area contributed by atoms with Crippen LogP contribution in [0.4, 0.5) is 17.5 Å². The second kappa shape index (κ2) is 10.1. The molecule has 3 heterocycles. The van der Waals surface area contributed by atoms with Crippen molar-refractivity contribution in [2.75, 3.05) is 50.2 Å². The van der Waals surface area contributed by atoms with Gasteiger partial charge in [-0.2, -0.15) is 4.98 Å². The van der Waals surface area contributed by atoms with Gasteiger partial charge in [-0.05, 0) is 36.4 Å². The molecule has 0 unspecified atom stereocenters. The molecule has 0 saturated carbocycles. The maximum atomic E-state index is 11.2. The third kappa shape index (κ3) is 5.08. The topological polar surface area (TPSA) is 115 Å². The molecule has 1 aliphatic rings. The Morgan fingerprint density at radius 2 is 1.91 bits per heavy atom. The average Bonchev–Trinajstić information content (AvgIpc) is 3.30. The number of aromatic nitrogens is 4. The van der Waals surface area contributed by atoms with Gasteiger partial charge in [0.2, 0.25) is 5.95 Å². The predicted molar refractivity (Wildman–Crippen MR) is 132 cm³/mol. The van der Waals surface area contributed by atoms with E-state index in [1.165, 1.54) is 0 Å². The highest BCUT2D eigenvalue weighted by Gasteiger charge is 2.17. The largest absolute Gasteiger partial charge is 0.478 e. The summed E-state index contributed by atoms with van der Waals surface area (Å²) in [6.07, 6.45) is 1.82. The van der Waals surface area contributed by atoms with Crippen LogP contribution >= 0.6 is 0 Å². The Balaban J connectivity index is 1.52. The second-order valence-electron chi connectivity index (χ2n) is 8.18. The van der Waals surface area contributed by atoms with Crippen LogP contribution in [0.25, 0.3) is 22.3 Å². The average molecular weight is 475 g/mol. The fraction of sp³-hybridized carbons (Fsp3) is 0.280. The zero-order chi connectivity index (χ0) is 24.2. The van der Waals surface area contributed by atoms with Gasteiger partial charge >= 0.3 is 5.97 Å². The SMILES string of the molecule is COCCn1cnc2ccc(-c3cc(Nc4ccc(C(=O)O)cc4)nc(N4CCOCC4)n3)cc21. The molecule has 0 aliphatic carbocycles. The van der Waals surface area contributed by atoms with Gasteiger partial charge in [-0.3, -0.25) is 0 Å². The van der Waals surface area contributed by atoms with Crippen LogP contribution in [0.1, 0.15) is 10.4 Å². The van der Waals surface area contributed by atoms with Crippen LogP contribution in [-0.2, 0) is 16.0 Å². The number of rotatable bonds is 8. The van der Waals surface area contributed by atoms with Crippen molar-refractivity contribution in [3.05, 3.63) is 60.4 Å². The number of nitrogens with one attached hydrogen (secondary N) is 1. The number of anilines is 3. The van der Waals surface area contributed by atoms with Gasteiger partial charge < -0.3 is 29.4 Å². The zero-order valence-corrected chi connectivity index (χ0v) is 19.3. The second-order valence-corrected chi connectivity index (χ2v) is 8.18. The monoisotopic (exact) mass is 474 g/mol. The number of carboxylic acids is 1. The summed E-state index contributed by atoms with van der Waals surface area (Å²) in [4.78, 5) is 27.4. The van der Waals surface area contributed by atoms with E-state index in [9.17, 15) is 4.79 Å². The van der Waals surface area contributed by atoms with E-state index in [-0.39, 0.29) is 5.56 Å². The Morgan fingerprint density at radius 3 is 2.66 bits per heavy atom. The zero-order valence-electron chi connectivity index (χ0n) is 19.3. The molecule has 2 aromatic carbocycles. The van der Waals surface area contributed by atoms with Gasteiger partial charge in [-0.1, -0.05) is 6.07 Å². The van der Waals surface area contributed by atoms with Crippen LogP contribution in [0.2, 0.25) is 0 Å². The lowest BCUT2D eigenvalue weighted by molar-refractivity contribution is 0.0697. The summed E-state index contributed by atoms with van der Waals surface area (Å²) < 4.78 is 12.8. The Bertz CT molecular complexity index is 1330. The van der Waals surface area contributed by atoms with Crippen molar-refractivity contribution >= 4 is 34.5 Å². The van der Waals surface area contributed by atoms with Crippen molar-refractivity contribution in [1.82, 2.24) is 19.5 Å². The van der Waals surface area contributed by atoms with E-state index in [0.29, 0.717) is 51.2 Å². The number of fused-ring (bicyclic) bond motifs is 1. The first-order valence-electron chi connectivity index (χ1n) is 11.4. The molecule has 4 aromatic rings. The molecule has 0 amide bonds. The highest BCUT2D eigenvalue weighted by molar-refractivity contribution is 5.88. The summed E-state index contributed by atoms with van der Waals surface area (Å²) in [5.41, 5.74) is 4.59. The van der Waals surface area contributed by atoms with E-state index in [0.717, 1.165) is 28.0 Å². The number of nitrogens with zero attached hydrogens (tertiary/aromatic N) is 5. The minimum absolute atomic E-state index is 0.228. The molecule has 10 heteroatoms. The number of methoxy groups -OCH3 is 1. The Morgan fingerprint density at radius 1 is 1.11 bits per heavy atom. The number of carbonyl (C=O) groups is 1. The molecule has 0 radical (unpaired) electrons. The van der Waals surface area contributed by atoms with Crippen molar-refractivity contribution < 1.29 is 19.4 Å². The maximum Gasteiger partial charge on any atom is 0.335 e. The van der Waals surface area contributed by atoms with Crippen LogP contribution < -0.4 is 10.2 Å². The molecule has 0 spiro atoms. The van der Waals surface area contributed by atoms with Crippen molar-refractivity contribution in [2.45, 2.75) is 6.54 Å². The lowest BCUT2D eigenvalue weighted by Crippen LogP contribution is -2.37. The van der Waals surface area contributed by atoms with Crippen LogP contribution in [-0.4, -0.2) is 70.6 Å². The van der Waals surface area contributed by atoms with Gasteiger partial charge in [0.05, 0.1) is 48.4 Å². The van der Waals surface area contributed by atoms with Crippen molar-refractivity contribution in [2.24, 2.45) is 0 Å². The van der Waals surface area contributed by atoms with Crippen LogP contribution in [0.3, 0.4) is 0 Å². The molecule has 0 bridgehead atoms. The summed E-state index contributed by atoms with van der Waals surface area (Å²) in [5, 5.41) is 12.5. The van der Waals surface area contributed by atoms with Gasteiger partial charge in [0.1, 0.15) is 5.82 Å². The number of hydrogen-bond acceptors (Lipinski definition) is 8. The lowest BCUT2D eigenvalue weighted by atomic mass is 10.1. The Hall–Kier alpha value is -4.02. The maximum absolute atomic E-state index is 11.2. The number of benzene rings is 2. The molecular formula is C25H26N6O4. The summed E-state index contributed by atoms with van der Waals surface area (Å²) in [5.74, 6) is 0.270. The van der Waals surface area contributed by atoms with Gasteiger partial charge in [0.25, 0.3) is 0 Å². The minimum Gasteiger partial charge on any atom is -0.478 e. The molecule has 35 heavy (non-hydrogen) atoms. The van der Waals surface area contributed by atoms with Gasteiger partial charge in [0, 0.05) is 44.1 Å². The Labute approximate surface area is 202 Å². The first-order chi connectivity index (χ1) is 17.1. The standard InChI is InChI=1S/C25H26N6O4/c1-34-11-8-31-16-26-20-7-4-18(14-22(20)31)21-15-23(27-19-5-2-17(3-6-19)24(32)33)29-25(28-21)30-9-12-35-13-10-30/h2-7,14-16H,8-13H2,1H3,(H,32,33)(H,27,28,29). The molecule has 2 aromatic heterocycles. The van der Waals surface area contributed by atoms with Gasteiger partial charge in [0.15, 0.2) is 0 Å². The van der Waals surface area contributed by atoms with Crippen LogP contribution in [0.5, 0.6) is 0 Å². The molecule has 5 rings (SSSR count). The van der Waals surface area contributed by atoms with Gasteiger partial charge in [-0.15, -0.1) is 0 Å². The minimum atomic E-state index is -0.962. The summed E-state index contributed by atoms with van der Waals surface area (Å²) in [6, 6.07) is 14.5. The van der Waals surface area contributed by atoms with E-state index >= 15 is 0 Å². The molecule has 10 nitrogen and oxygen atoms in total. The first-order valence-corrected chi connectivity index (χ1v) is 11.4. The van der Waals surface area contributed by atoms with Gasteiger partial charge in [-0.25, -0.2) is 14.8 Å². The summed E-state index contributed by atoms with van der Waals surface area (Å²) in [6.45, 7) is 3.96. The van der Waals surface area contributed by atoms with Crippen molar-refractivity contribution in [3.63, 3.8) is 0 Å². The Kier molecular flexibility index (Phi) is 6.55. The van der Waals surface area contributed by atoms with E-state index in [2.05, 4.69) is 25.8 Å². The molecule has 1 saturated heterocycles. The number of hydrogen-bond donors (Lipinski definition) is 2. The van der Waals surface area contributed by atoms with Crippen LogP contribution in [0, 0.1) is 0 Å². The smallest absolute Gasteiger partial charge is 0.335 e. The highest BCUT2D eigenvalue weighted by atomic mass is 16.5. The molecule has 1 aliphatic heterocycles. The van der Waals surface area contributed by atoms with Crippen molar-refractivity contribution in [3.8, 4) is 11.3 Å². The lowest BCUT2D eigenvalue weighted by Gasteiger charge is -2.27. The quantitative estimate of drug-likeness (QED) is 0.396. The normalized spacial score (nSPS) is 13.8. The van der Waals surface area contributed by atoms with Crippen molar-refractivity contribution in [1.29, 1.82) is 0 Å². The third-order valence-electron chi connectivity index (χ3n) is 5.87. The fourth-order valence-electron chi connectivity index (χ4n) is 3.98. The third-order valence-corrected chi connectivity index (χ3v) is 5.87. The van der Waals surface area contributed by atoms with Crippen LogP contribution in [0.15, 0.2) is 54.9 Å².